The Balaban J connectivity index is 1.65. The van der Waals surface area contributed by atoms with Gasteiger partial charge in [-0.2, -0.15) is 5.26 Å². The molecule has 0 saturated heterocycles. The Bertz CT molecular complexity index is 1630. The van der Waals surface area contributed by atoms with E-state index in [0.29, 0.717) is 45.1 Å². The molecule has 0 radical (unpaired) electrons. The number of halogens is 1. The number of fused-ring (bicyclic) bond motifs is 1. The first-order chi connectivity index (χ1) is 18.3. The highest BCUT2D eigenvalue weighted by Crippen LogP contribution is 2.33. The standard InChI is InChI=1S/C28H25ClN4O5/c1-4-23(24(34)10-17-6-9-26-31-22(15-32(26)14-17)28(36)38-5-2)33-16-25(37-3)21(12-27(33)35)20-11-19(29)8-7-18(20)13-30/h6-9,11-12,14-16,23H,4-5,10H2,1-3H3. The molecule has 9 nitrogen and oxygen atoms in total. The summed E-state index contributed by atoms with van der Waals surface area (Å²) >= 11 is 6.14. The number of nitrogens with zero attached hydrogens (tertiary/aromatic N) is 4. The van der Waals surface area contributed by atoms with E-state index in [9.17, 15) is 19.6 Å². The lowest BCUT2D eigenvalue weighted by atomic mass is 9.99. The molecule has 38 heavy (non-hydrogen) atoms. The summed E-state index contributed by atoms with van der Waals surface area (Å²) in [5.41, 5.74) is 2.24. The van der Waals surface area contributed by atoms with Crippen LogP contribution < -0.4 is 10.3 Å². The van der Waals surface area contributed by atoms with Crippen molar-refractivity contribution in [3.8, 4) is 22.9 Å². The molecule has 10 heteroatoms. The summed E-state index contributed by atoms with van der Waals surface area (Å²) in [6.45, 7) is 3.79. The zero-order chi connectivity index (χ0) is 27.4. The van der Waals surface area contributed by atoms with Crippen LogP contribution in [0, 0.1) is 11.3 Å². The predicted molar refractivity (Wildman–Crippen MR) is 142 cm³/mol. The molecule has 0 N–H and O–H groups in total. The fourth-order valence-electron chi connectivity index (χ4n) is 4.33. The molecule has 1 unspecified atom stereocenters. The highest BCUT2D eigenvalue weighted by atomic mass is 35.5. The Morgan fingerprint density at radius 1 is 1.11 bits per heavy atom. The van der Waals surface area contributed by atoms with Crippen LogP contribution in [0.1, 0.15) is 47.9 Å². The van der Waals surface area contributed by atoms with Crippen molar-refractivity contribution in [3.63, 3.8) is 0 Å². The maximum absolute atomic E-state index is 13.4. The number of carbonyl (C=O) groups is 2. The molecule has 0 amide bonds. The van der Waals surface area contributed by atoms with E-state index < -0.39 is 17.6 Å². The number of Topliss-reactive ketones (excluding diaryl/α,β-unsaturated/α-hetero) is 1. The first kappa shape index (κ1) is 26.6. The Morgan fingerprint density at radius 2 is 1.89 bits per heavy atom. The molecule has 0 fully saturated rings. The number of pyridine rings is 2. The van der Waals surface area contributed by atoms with E-state index in [4.69, 9.17) is 21.1 Å². The number of hydrogen-bond donors (Lipinski definition) is 0. The van der Waals surface area contributed by atoms with Gasteiger partial charge in [0.15, 0.2) is 11.5 Å². The average Bonchev–Trinajstić information content (AvgIpc) is 3.33. The molecule has 0 saturated carbocycles. The number of imidazole rings is 1. The van der Waals surface area contributed by atoms with E-state index in [1.54, 1.807) is 54.0 Å². The number of methoxy groups -OCH3 is 1. The van der Waals surface area contributed by atoms with E-state index >= 15 is 0 Å². The van der Waals surface area contributed by atoms with Crippen LogP contribution in [-0.2, 0) is 16.0 Å². The van der Waals surface area contributed by atoms with Gasteiger partial charge in [0.1, 0.15) is 11.4 Å². The Hall–Kier alpha value is -4.42. The van der Waals surface area contributed by atoms with Crippen molar-refractivity contribution in [3.05, 3.63) is 87.2 Å². The van der Waals surface area contributed by atoms with Crippen LogP contribution in [0.15, 0.2) is 59.8 Å². The van der Waals surface area contributed by atoms with E-state index in [1.807, 2.05) is 6.92 Å². The van der Waals surface area contributed by atoms with Gasteiger partial charge in [-0.1, -0.05) is 24.6 Å². The third-order valence-corrected chi connectivity index (χ3v) is 6.36. The van der Waals surface area contributed by atoms with Crippen LogP contribution in [0.25, 0.3) is 16.8 Å². The Morgan fingerprint density at radius 3 is 2.58 bits per heavy atom. The summed E-state index contributed by atoms with van der Waals surface area (Å²) in [5, 5.41) is 9.94. The summed E-state index contributed by atoms with van der Waals surface area (Å²) in [4.78, 5) is 42.8. The topological polar surface area (TPSA) is 116 Å². The fourth-order valence-corrected chi connectivity index (χ4v) is 4.50. The zero-order valence-corrected chi connectivity index (χ0v) is 21.9. The second kappa shape index (κ2) is 11.3. The number of ether oxygens (including phenoxy) is 2. The molecule has 3 aromatic heterocycles. The third-order valence-electron chi connectivity index (χ3n) is 6.13. The largest absolute Gasteiger partial charge is 0.495 e. The summed E-state index contributed by atoms with van der Waals surface area (Å²) < 4.78 is 13.6. The van der Waals surface area contributed by atoms with Crippen LogP contribution in [0.2, 0.25) is 5.02 Å². The minimum absolute atomic E-state index is 0.0603. The lowest BCUT2D eigenvalue weighted by Crippen LogP contribution is -2.30. The molecule has 1 atom stereocenters. The van der Waals surface area contributed by atoms with Crippen LogP contribution in [0.4, 0.5) is 0 Å². The van der Waals surface area contributed by atoms with Crippen molar-refractivity contribution in [2.75, 3.05) is 13.7 Å². The van der Waals surface area contributed by atoms with Crippen LogP contribution in [0.3, 0.4) is 0 Å². The van der Waals surface area contributed by atoms with Crippen molar-refractivity contribution in [1.29, 1.82) is 5.26 Å². The second-order valence-corrected chi connectivity index (χ2v) is 8.96. The molecule has 4 aromatic rings. The van der Waals surface area contributed by atoms with Gasteiger partial charge in [-0.15, -0.1) is 0 Å². The first-order valence-corrected chi connectivity index (χ1v) is 12.3. The quantitative estimate of drug-likeness (QED) is 0.288. The molecular weight excluding hydrogens is 508 g/mol. The monoisotopic (exact) mass is 532 g/mol. The van der Waals surface area contributed by atoms with Crippen molar-refractivity contribution in [2.45, 2.75) is 32.7 Å². The van der Waals surface area contributed by atoms with E-state index in [1.165, 1.54) is 23.9 Å². The Labute approximate surface area is 223 Å². The highest BCUT2D eigenvalue weighted by Gasteiger charge is 2.23. The summed E-state index contributed by atoms with van der Waals surface area (Å²) in [6.07, 6.45) is 5.21. The number of esters is 1. The number of carbonyl (C=O) groups excluding carboxylic acids is 2. The number of nitriles is 1. The number of rotatable bonds is 9. The van der Waals surface area contributed by atoms with Crippen LogP contribution in [-0.4, -0.2) is 39.4 Å². The molecule has 0 spiro atoms. The molecule has 4 rings (SSSR count). The minimum Gasteiger partial charge on any atom is -0.495 e. The predicted octanol–water partition coefficient (Wildman–Crippen LogP) is 4.64. The van der Waals surface area contributed by atoms with E-state index in [2.05, 4.69) is 11.1 Å². The van der Waals surface area contributed by atoms with Gasteiger partial charge in [-0.25, -0.2) is 9.78 Å². The van der Waals surface area contributed by atoms with Crippen molar-refractivity contribution in [1.82, 2.24) is 14.0 Å². The lowest BCUT2D eigenvalue weighted by molar-refractivity contribution is -0.121. The van der Waals surface area contributed by atoms with Crippen molar-refractivity contribution < 1.29 is 19.1 Å². The second-order valence-electron chi connectivity index (χ2n) is 8.52. The van der Waals surface area contributed by atoms with Crippen LogP contribution >= 0.6 is 11.6 Å². The normalized spacial score (nSPS) is 11.7. The molecule has 1 aromatic carbocycles. The molecule has 0 aliphatic carbocycles. The van der Waals surface area contributed by atoms with Crippen LogP contribution in [0.5, 0.6) is 5.75 Å². The average molecular weight is 533 g/mol. The fraction of sp³-hybridized carbons (Fsp3) is 0.250. The minimum atomic E-state index is -0.742. The Kier molecular flexibility index (Phi) is 7.93. The molecule has 3 heterocycles. The van der Waals surface area contributed by atoms with Gasteiger partial charge >= 0.3 is 5.97 Å². The molecule has 0 aliphatic heterocycles. The third kappa shape index (κ3) is 5.31. The first-order valence-electron chi connectivity index (χ1n) is 12.0. The highest BCUT2D eigenvalue weighted by molar-refractivity contribution is 6.31. The molecular formula is C28H25ClN4O5. The van der Waals surface area contributed by atoms with Gasteiger partial charge in [0.2, 0.25) is 0 Å². The molecule has 194 valence electrons. The zero-order valence-electron chi connectivity index (χ0n) is 21.1. The number of aromatic nitrogens is 3. The smallest absolute Gasteiger partial charge is 0.358 e. The van der Waals surface area contributed by atoms with Gasteiger partial charge in [-0.3, -0.25) is 9.59 Å². The van der Waals surface area contributed by atoms with Crippen molar-refractivity contribution in [2.24, 2.45) is 0 Å². The van der Waals surface area contributed by atoms with Gasteiger partial charge in [0.05, 0.1) is 37.6 Å². The maximum Gasteiger partial charge on any atom is 0.358 e. The van der Waals surface area contributed by atoms with E-state index in [0.717, 1.165) is 0 Å². The SMILES string of the molecule is CCOC(=O)c1cn2cc(CC(=O)C(CC)n3cc(OC)c(-c4cc(Cl)ccc4C#N)cc3=O)ccc2n1. The number of hydrogen-bond acceptors (Lipinski definition) is 7. The van der Waals surface area contributed by atoms with Gasteiger partial charge in [0, 0.05) is 41.0 Å². The maximum atomic E-state index is 13.4. The van der Waals surface area contributed by atoms with Crippen molar-refractivity contribution >= 4 is 29.0 Å². The van der Waals surface area contributed by atoms with Gasteiger partial charge in [-0.05, 0) is 43.2 Å². The lowest BCUT2D eigenvalue weighted by Gasteiger charge is -2.20. The summed E-state index contributed by atoms with van der Waals surface area (Å²) in [5.74, 6) is -0.354. The number of benzene rings is 1. The van der Waals surface area contributed by atoms with Gasteiger partial charge < -0.3 is 18.4 Å². The summed E-state index contributed by atoms with van der Waals surface area (Å²) in [7, 11) is 1.46. The number of ketones is 1. The molecule has 0 aliphatic rings. The van der Waals surface area contributed by atoms with E-state index in [-0.39, 0.29) is 24.5 Å². The molecule has 0 bridgehead atoms. The van der Waals surface area contributed by atoms with Gasteiger partial charge in [0.25, 0.3) is 5.56 Å². The summed E-state index contributed by atoms with van der Waals surface area (Å²) in [6, 6.07) is 11.0.